The van der Waals surface area contributed by atoms with Gasteiger partial charge in [-0.3, -0.25) is 4.79 Å². The van der Waals surface area contributed by atoms with E-state index in [1.807, 2.05) is 24.3 Å². The van der Waals surface area contributed by atoms with Gasteiger partial charge in [0.05, 0.1) is 6.21 Å². The third kappa shape index (κ3) is 4.17. The van der Waals surface area contributed by atoms with Crippen molar-refractivity contribution in [3.05, 3.63) is 75.4 Å². The second-order valence-electron chi connectivity index (χ2n) is 4.55. The quantitative estimate of drug-likeness (QED) is 0.346. The Morgan fingerprint density at radius 3 is 2.68 bits per heavy atom. The third-order valence-corrected chi connectivity index (χ3v) is 3.71. The van der Waals surface area contributed by atoms with Crippen LogP contribution in [0.2, 0.25) is 0 Å². The molecule has 0 aromatic heterocycles. The second-order valence-corrected chi connectivity index (χ2v) is 5.80. The minimum atomic E-state index is -0.297. The summed E-state index contributed by atoms with van der Waals surface area (Å²) in [7, 11) is 0. The fraction of sp³-hybridized carbons (Fsp3) is 0.0588. The molecule has 5 heteroatoms. The smallest absolute Gasteiger partial charge is 0.271 e. The Hall–Kier alpha value is -2.15. The monoisotopic (exact) mass is 406 g/mol. The van der Waals surface area contributed by atoms with E-state index in [1.165, 1.54) is 6.21 Å². The first-order valence-corrected chi connectivity index (χ1v) is 7.70. The van der Waals surface area contributed by atoms with Crippen LogP contribution in [0.3, 0.4) is 0 Å². The summed E-state index contributed by atoms with van der Waals surface area (Å²) in [5, 5.41) is 14.0. The number of aromatic hydroxyl groups is 1. The zero-order chi connectivity index (χ0) is 15.9. The largest absolute Gasteiger partial charge is 0.507 e. The predicted octanol–water partition coefficient (Wildman–Crippen LogP) is 3.49. The van der Waals surface area contributed by atoms with Crippen LogP contribution < -0.4 is 5.43 Å². The summed E-state index contributed by atoms with van der Waals surface area (Å²) in [6, 6.07) is 12.5. The number of hydrazone groups is 1. The number of para-hydroxylation sites is 1. The molecule has 112 valence electrons. The van der Waals surface area contributed by atoms with Crippen molar-refractivity contribution in [2.75, 3.05) is 0 Å². The van der Waals surface area contributed by atoms with Crippen LogP contribution in [0.1, 0.15) is 21.5 Å². The van der Waals surface area contributed by atoms with Crippen molar-refractivity contribution in [2.45, 2.75) is 6.42 Å². The van der Waals surface area contributed by atoms with E-state index in [2.05, 4.69) is 39.7 Å². The first-order valence-electron chi connectivity index (χ1n) is 6.62. The lowest BCUT2D eigenvalue weighted by Gasteiger charge is -2.04. The van der Waals surface area contributed by atoms with Gasteiger partial charge in [-0.2, -0.15) is 5.10 Å². The number of rotatable bonds is 5. The van der Waals surface area contributed by atoms with Gasteiger partial charge in [0, 0.05) is 14.7 Å². The zero-order valence-electron chi connectivity index (χ0n) is 11.8. The lowest BCUT2D eigenvalue weighted by atomic mass is 10.1. The number of benzene rings is 2. The third-order valence-electron chi connectivity index (χ3n) is 2.99. The minimum absolute atomic E-state index is 0.148. The standard InChI is InChI=1S/C17H15IN2O2/c1-2-4-12-5-3-6-14(16(12)21)11-19-20-17(22)13-7-9-15(18)10-8-13/h2-3,5-11,21H,1,4H2,(H,20,22)/b19-11+. The Labute approximate surface area is 142 Å². The predicted molar refractivity (Wildman–Crippen MR) is 96.2 cm³/mol. The van der Waals surface area contributed by atoms with Crippen LogP contribution in [-0.2, 0) is 6.42 Å². The lowest BCUT2D eigenvalue weighted by Crippen LogP contribution is -2.17. The van der Waals surface area contributed by atoms with Crippen molar-refractivity contribution in [1.82, 2.24) is 5.43 Å². The van der Waals surface area contributed by atoms with E-state index in [0.29, 0.717) is 17.5 Å². The summed E-state index contributed by atoms with van der Waals surface area (Å²) in [5.41, 5.74) is 4.28. The van der Waals surface area contributed by atoms with E-state index in [9.17, 15) is 9.90 Å². The molecule has 0 saturated carbocycles. The summed E-state index contributed by atoms with van der Waals surface area (Å²) in [6.45, 7) is 3.65. The van der Waals surface area contributed by atoms with Crippen LogP contribution in [0.4, 0.5) is 0 Å². The highest BCUT2D eigenvalue weighted by Crippen LogP contribution is 2.21. The molecule has 0 saturated heterocycles. The Balaban J connectivity index is 2.06. The van der Waals surface area contributed by atoms with E-state index in [1.54, 1.807) is 24.3 Å². The number of amides is 1. The Bertz CT molecular complexity index is 709. The minimum Gasteiger partial charge on any atom is -0.507 e. The van der Waals surface area contributed by atoms with Gasteiger partial charge >= 0.3 is 0 Å². The normalized spacial score (nSPS) is 10.6. The number of carbonyl (C=O) groups is 1. The summed E-state index contributed by atoms with van der Waals surface area (Å²) >= 11 is 2.17. The van der Waals surface area contributed by atoms with Gasteiger partial charge in [-0.25, -0.2) is 5.43 Å². The molecule has 0 radical (unpaired) electrons. The van der Waals surface area contributed by atoms with Crippen molar-refractivity contribution in [1.29, 1.82) is 0 Å². The Morgan fingerprint density at radius 2 is 2.00 bits per heavy atom. The molecule has 0 aliphatic heterocycles. The van der Waals surface area contributed by atoms with Crippen molar-refractivity contribution in [3.8, 4) is 5.75 Å². The molecule has 0 spiro atoms. The zero-order valence-corrected chi connectivity index (χ0v) is 13.9. The van der Waals surface area contributed by atoms with Gasteiger partial charge in [-0.1, -0.05) is 18.2 Å². The van der Waals surface area contributed by atoms with Gasteiger partial charge in [0.25, 0.3) is 5.91 Å². The average Bonchev–Trinajstić information content (AvgIpc) is 2.51. The van der Waals surface area contributed by atoms with Crippen LogP contribution in [-0.4, -0.2) is 17.2 Å². The van der Waals surface area contributed by atoms with Gasteiger partial charge in [0.1, 0.15) is 5.75 Å². The average molecular weight is 406 g/mol. The van der Waals surface area contributed by atoms with Gasteiger partial charge in [0.15, 0.2) is 0 Å². The number of hydrogen-bond acceptors (Lipinski definition) is 3. The molecule has 2 rings (SSSR count). The summed E-state index contributed by atoms with van der Waals surface area (Å²) in [5.74, 6) is -0.149. The molecule has 1 amide bonds. The molecule has 22 heavy (non-hydrogen) atoms. The highest BCUT2D eigenvalue weighted by molar-refractivity contribution is 14.1. The van der Waals surface area contributed by atoms with Gasteiger partial charge in [0.2, 0.25) is 0 Å². The van der Waals surface area contributed by atoms with E-state index in [-0.39, 0.29) is 11.7 Å². The fourth-order valence-electron chi connectivity index (χ4n) is 1.86. The number of phenolic OH excluding ortho intramolecular Hbond substituents is 1. The van der Waals surface area contributed by atoms with E-state index in [4.69, 9.17) is 0 Å². The molecule has 0 heterocycles. The van der Waals surface area contributed by atoms with Crippen molar-refractivity contribution < 1.29 is 9.90 Å². The van der Waals surface area contributed by atoms with Gasteiger partial charge < -0.3 is 5.11 Å². The molecule has 0 aliphatic rings. The number of halogens is 1. The molecular formula is C17H15IN2O2. The number of hydrogen-bond donors (Lipinski definition) is 2. The highest BCUT2D eigenvalue weighted by atomic mass is 127. The van der Waals surface area contributed by atoms with Crippen molar-refractivity contribution in [2.24, 2.45) is 5.10 Å². The summed E-state index contributed by atoms with van der Waals surface area (Å²) in [6.07, 6.45) is 3.71. The molecule has 0 atom stereocenters. The topological polar surface area (TPSA) is 61.7 Å². The molecule has 0 bridgehead atoms. The fourth-order valence-corrected chi connectivity index (χ4v) is 2.22. The van der Waals surface area contributed by atoms with Crippen LogP contribution in [0.15, 0.2) is 60.2 Å². The second kappa shape index (κ2) is 7.74. The molecular weight excluding hydrogens is 391 g/mol. The first kappa shape index (κ1) is 16.2. The molecule has 0 fully saturated rings. The SMILES string of the molecule is C=CCc1cccc(/C=N/NC(=O)c2ccc(I)cc2)c1O. The van der Waals surface area contributed by atoms with Crippen LogP contribution in [0.5, 0.6) is 5.75 Å². The Morgan fingerprint density at radius 1 is 1.27 bits per heavy atom. The molecule has 2 N–H and O–H groups in total. The number of nitrogens with zero attached hydrogens (tertiary/aromatic N) is 1. The number of phenols is 1. The number of nitrogens with one attached hydrogen (secondary N) is 1. The summed E-state index contributed by atoms with van der Waals surface area (Å²) in [4.78, 5) is 11.9. The van der Waals surface area contributed by atoms with E-state index >= 15 is 0 Å². The molecule has 2 aromatic rings. The van der Waals surface area contributed by atoms with E-state index < -0.39 is 0 Å². The molecule has 0 aliphatic carbocycles. The van der Waals surface area contributed by atoms with Crippen molar-refractivity contribution >= 4 is 34.7 Å². The van der Waals surface area contributed by atoms with Crippen LogP contribution in [0, 0.1) is 3.57 Å². The summed E-state index contributed by atoms with van der Waals surface area (Å²) < 4.78 is 1.06. The maximum absolute atomic E-state index is 11.9. The van der Waals surface area contributed by atoms with Crippen LogP contribution in [0.25, 0.3) is 0 Å². The van der Waals surface area contributed by atoms with Gasteiger partial charge in [-0.05, 0) is 64.9 Å². The van der Waals surface area contributed by atoms with E-state index in [0.717, 1.165) is 9.13 Å². The molecule has 2 aromatic carbocycles. The lowest BCUT2D eigenvalue weighted by molar-refractivity contribution is 0.0955. The Kier molecular flexibility index (Phi) is 5.71. The highest BCUT2D eigenvalue weighted by Gasteiger charge is 2.05. The first-order chi connectivity index (χ1) is 10.6. The molecule has 4 nitrogen and oxygen atoms in total. The number of allylic oxidation sites excluding steroid dienone is 1. The van der Waals surface area contributed by atoms with Crippen LogP contribution >= 0.6 is 22.6 Å². The van der Waals surface area contributed by atoms with Crippen molar-refractivity contribution in [3.63, 3.8) is 0 Å². The molecule has 0 unspecified atom stereocenters. The maximum atomic E-state index is 11.9. The maximum Gasteiger partial charge on any atom is 0.271 e. The van der Waals surface area contributed by atoms with Gasteiger partial charge in [-0.15, -0.1) is 6.58 Å². The number of carbonyl (C=O) groups excluding carboxylic acids is 1.